The van der Waals surface area contributed by atoms with Gasteiger partial charge in [-0.3, -0.25) is 0 Å². The predicted molar refractivity (Wildman–Crippen MR) is 95.5 cm³/mol. The van der Waals surface area contributed by atoms with Gasteiger partial charge < -0.3 is 5.11 Å². The first kappa shape index (κ1) is 15.1. The van der Waals surface area contributed by atoms with E-state index in [0.717, 1.165) is 22.2 Å². The van der Waals surface area contributed by atoms with Gasteiger partial charge in [-0.15, -0.1) is 5.10 Å². The molecule has 1 N–H and O–H groups in total. The Morgan fingerprint density at radius 3 is 2.44 bits per heavy atom. The van der Waals surface area contributed by atoms with Gasteiger partial charge in [-0.25, -0.2) is 9.48 Å². The van der Waals surface area contributed by atoms with Gasteiger partial charge in [0, 0.05) is 0 Å². The first-order valence-corrected chi connectivity index (χ1v) is 7.92. The minimum atomic E-state index is -0.922. The Morgan fingerprint density at radius 2 is 1.64 bits per heavy atom. The van der Waals surface area contributed by atoms with E-state index >= 15 is 0 Å². The fourth-order valence-electron chi connectivity index (χ4n) is 2.92. The van der Waals surface area contributed by atoms with Crippen molar-refractivity contribution in [1.29, 1.82) is 0 Å². The lowest BCUT2D eigenvalue weighted by Crippen LogP contribution is -2.02. The van der Waals surface area contributed by atoms with Crippen LogP contribution in [-0.4, -0.2) is 26.1 Å². The molecular weight excluding hydrogens is 314 g/mol. The normalized spacial score (nSPS) is 10.9. The summed E-state index contributed by atoms with van der Waals surface area (Å²) >= 11 is 0. The van der Waals surface area contributed by atoms with Gasteiger partial charge in [0.2, 0.25) is 0 Å². The van der Waals surface area contributed by atoms with Crippen LogP contribution in [0.2, 0.25) is 0 Å². The second-order valence-electron chi connectivity index (χ2n) is 5.78. The molecule has 1 heterocycles. The van der Waals surface area contributed by atoms with Gasteiger partial charge in [-0.05, 0) is 34.9 Å². The molecule has 0 aliphatic heterocycles. The van der Waals surface area contributed by atoms with Crippen LogP contribution in [0, 0.1) is 0 Å². The molecule has 5 heteroatoms. The van der Waals surface area contributed by atoms with Crippen molar-refractivity contribution < 1.29 is 9.90 Å². The molecule has 0 saturated carbocycles. The van der Waals surface area contributed by atoms with Crippen LogP contribution in [0.3, 0.4) is 0 Å². The molecule has 3 aromatic carbocycles. The van der Waals surface area contributed by atoms with Gasteiger partial charge in [-0.1, -0.05) is 59.8 Å². The SMILES string of the molecule is O=C(O)c1ccccc1-c1ccc(Cn2nnc3ccccc32)cc1. The Balaban J connectivity index is 1.64. The molecule has 4 aromatic rings. The molecule has 1 aromatic heterocycles. The first-order valence-electron chi connectivity index (χ1n) is 7.92. The van der Waals surface area contributed by atoms with Crippen LogP contribution in [0.15, 0.2) is 72.8 Å². The number of hydrogen-bond acceptors (Lipinski definition) is 3. The third-order valence-electron chi connectivity index (χ3n) is 4.17. The van der Waals surface area contributed by atoms with E-state index < -0.39 is 5.97 Å². The van der Waals surface area contributed by atoms with Crippen molar-refractivity contribution >= 4 is 17.0 Å². The van der Waals surface area contributed by atoms with Gasteiger partial charge in [-0.2, -0.15) is 0 Å². The van der Waals surface area contributed by atoms with Crippen molar-refractivity contribution in [3.05, 3.63) is 83.9 Å². The van der Waals surface area contributed by atoms with Crippen LogP contribution in [0.4, 0.5) is 0 Å². The highest BCUT2D eigenvalue weighted by atomic mass is 16.4. The van der Waals surface area contributed by atoms with Crippen molar-refractivity contribution in [1.82, 2.24) is 15.0 Å². The highest BCUT2D eigenvalue weighted by molar-refractivity contribution is 5.96. The largest absolute Gasteiger partial charge is 0.478 e. The predicted octanol–water partition coefficient (Wildman–Crippen LogP) is 3.84. The zero-order chi connectivity index (χ0) is 17.2. The summed E-state index contributed by atoms with van der Waals surface area (Å²) in [6, 6.07) is 22.7. The zero-order valence-electron chi connectivity index (χ0n) is 13.3. The number of carbonyl (C=O) groups is 1. The molecule has 0 radical (unpaired) electrons. The van der Waals surface area contributed by atoms with E-state index in [-0.39, 0.29) is 0 Å². The topological polar surface area (TPSA) is 68.0 Å². The van der Waals surface area contributed by atoms with Crippen LogP contribution in [-0.2, 0) is 6.54 Å². The fraction of sp³-hybridized carbons (Fsp3) is 0.0500. The quantitative estimate of drug-likeness (QED) is 0.617. The Morgan fingerprint density at radius 1 is 0.920 bits per heavy atom. The van der Waals surface area contributed by atoms with Crippen LogP contribution >= 0.6 is 0 Å². The first-order chi connectivity index (χ1) is 12.2. The summed E-state index contributed by atoms with van der Waals surface area (Å²) in [7, 11) is 0. The second-order valence-corrected chi connectivity index (χ2v) is 5.78. The van der Waals surface area contributed by atoms with Crippen molar-refractivity contribution in [3.8, 4) is 11.1 Å². The van der Waals surface area contributed by atoms with Crippen molar-refractivity contribution in [2.75, 3.05) is 0 Å². The Kier molecular flexibility index (Phi) is 3.74. The van der Waals surface area contributed by atoms with Crippen molar-refractivity contribution in [2.45, 2.75) is 6.54 Å². The minimum Gasteiger partial charge on any atom is -0.478 e. The van der Waals surface area contributed by atoms with Gasteiger partial charge in [0.25, 0.3) is 0 Å². The molecule has 122 valence electrons. The molecule has 0 saturated heterocycles. The number of nitrogens with zero attached hydrogens (tertiary/aromatic N) is 3. The lowest BCUT2D eigenvalue weighted by Gasteiger charge is -2.08. The summed E-state index contributed by atoms with van der Waals surface area (Å²) < 4.78 is 1.86. The minimum absolute atomic E-state index is 0.303. The number of aromatic carboxylic acids is 1. The maximum Gasteiger partial charge on any atom is 0.336 e. The molecule has 0 fully saturated rings. The number of carboxylic acids is 1. The van der Waals surface area contributed by atoms with E-state index in [9.17, 15) is 9.90 Å². The summed E-state index contributed by atoms with van der Waals surface area (Å²) in [6.07, 6.45) is 0. The van der Waals surface area contributed by atoms with E-state index in [2.05, 4.69) is 10.3 Å². The Hall–Kier alpha value is -3.47. The van der Waals surface area contributed by atoms with E-state index in [4.69, 9.17) is 0 Å². The summed E-state index contributed by atoms with van der Waals surface area (Å²) in [5.74, 6) is -0.922. The van der Waals surface area contributed by atoms with E-state index in [0.29, 0.717) is 17.7 Å². The molecule has 0 spiro atoms. The third kappa shape index (κ3) is 2.87. The van der Waals surface area contributed by atoms with E-state index in [1.807, 2.05) is 65.3 Å². The van der Waals surface area contributed by atoms with Gasteiger partial charge in [0.1, 0.15) is 5.52 Å². The molecular formula is C20H15N3O2. The van der Waals surface area contributed by atoms with Crippen LogP contribution < -0.4 is 0 Å². The number of carboxylic acid groups (broad SMARTS) is 1. The van der Waals surface area contributed by atoms with Gasteiger partial charge in [0.05, 0.1) is 17.6 Å². The van der Waals surface area contributed by atoms with Crippen LogP contribution in [0.25, 0.3) is 22.2 Å². The number of hydrogen-bond donors (Lipinski definition) is 1. The summed E-state index contributed by atoms with van der Waals surface area (Å²) in [6.45, 7) is 0.612. The lowest BCUT2D eigenvalue weighted by molar-refractivity contribution is 0.0697. The Bertz CT molecular complexity index is 1050. The average Bonchev–Trinajstić information content (AvgIpc) is 3.05. The molecule has 0 amide bonds. The number of benzene rings is 3. The third-order valence-corrected chi connectivity index (χ3v) is 4.17. The van der Waals surface area contributed by atoms with Crippen LogP contribution in [0.5, 0.6) is 0 Å². The highest BCUT2D eigenvalue weighted by Gasteiger charge is 2.11. The molecule has 0 aliphatic rings. The summed E-state index contributed by atoms with van der Waals surface area (Å²) in [5, 5.41) is 17.7. The summed E-state index contributed by atoms with van der Waals surface area (Å²) in [4.78, 5) is 11.4. The smallest absolute Gasteiger partial charge is 0.336 e. The number of rotatable bonds is 4. The maximum absolute atomic E-state index is 11.4. The van der Waals surface area contributed by atoms with E-state index in [1.54, 1.807) is 12.1 Å². The molecule has 5 nitrogen and oxygen atoms in total. The lowest BCUT2D eigenvalue weighted by atomic mass is 9.99. The molecule has 0 unspecified atom stereocenters. The van der Waals surface area contributed by atoms with E-state index in [1.165, 1.54) is 0 Å². The Labute approximate surface area is 144 Å². The van der Waals surface area contributed by atoms with Crippen molar-refractivity contribution in [2.24, 2.45) is 0 Å². The molecule has 0 bridgehead atoms. The average molecular weight is 329 g/mol. The van der Waals surface area contributed by atoms with Crippen LogP contribution in [0.1, 0.15) is 15.9 Å². The second kappa shape index (κ2) is 6.20. The monoisotopic (exact) mass is 329 g/mol. The molecule has 25 heavy (non-hydrogen) atoms. The van der Waals surface area contributed by atoms with Crippen molar-refractivity contribution in [3.63, 3.8) is 0 Å². The highest BCUT2D eigenvalue weighted by Crippen LogP contribution is 2.24. The molecule has 0 aliphatic carbocycles. The fourth-order valence-corrected chi connectivity index (χ4v) is 2.92. The maximum atomic E-state index is 11.4. The zero-order valence-corrected chi connectivity index (χ0v) is 13.3. The standard InChI is InChI=1S/C20H15N3O2/c24-20(25)17-6-2-1-5-16(17)15-11-9-14(10-12-15)13-23-19-8-4-3-7-18(19)21-22-23/h1-12H,13H2,(H,24,25). The number of fused-ring (bicyclic) bond motifs is 1. The molecule has 4 rings (SSSR count). The number of aromatic nitrogens is 3. The van der Waals surface area contributed by atoms with Gasteiger partial charge >= 0.3 is 5.97 Å². The summed E-state index contributed by atoms with van der Waals surface area (Å²) in [5.41, 5.74) is 4.83. The van der Waals surface area contributed by atoms with Gasteiger partial charge in [0.15, 0.2) is 0 Å². The molecule has 0 atom stereocenters. The number of para-hydroxylation sites is 1.